The summed E-state index contributed by atoms with van der Waals surface area (Å²) in [4.78, 5) is 68.2. The van der Waals surface area contributed by atoms with Gasteiger partial charge in [0, 0.05) is 7.11 Å². The van der Waals surface area contributed by atoms with E-state index in [0.717, 1.165) is 125 Å². The third-order valence-corrected chi connectivity index (χ3v) is 24.7. The van der Waals surface area contributed by atoms with Crippen LogP contribution in [0.3, 0.4) is 0 Å². The molecule has 10 N–H and O–H groups in total. The molecule has 0 radical (unpaired) electrons. The normalized spacial score (nSPS) is 55.5. The van der Waals surface area contributed by atoms with E-state index in [4.69, 9.17) is 47.4 Å². The molecule has 0 aliphatic carbocycles. The van der Waals surface area contributed by atoms with Gasteiger partial charge >= 0.3 is 257 Å². The number of rotatable bonds is 14. The Hall–Kier alpha value is 4.73. The number of carbonyl (C=O) groups is 5. The van der Waals surface area contributed by atoms with Crippen LogP contribution in [0, 0.1) is 0 Å². The minimum Gasteiger partial charge on any atom is -0.547 e. The summed E-state index contributed by atoms with van der Waals surface area (Å²) >= 11 is 0. The second-order valence-electron chi connectivity index (χ2n) is 28.9. The molecule has 5 heterocycles. The van der Waals surface area contributed by atoms with E-state index in [9.17, 15) is 101 Å². The number of ether oxygens (including phenoxy) is 10. The van der Waals surface area contributed by atoms with Crippen LogP contribution < -0.4 is 282 Å². The zero-order valence-corrected chi connectivity index (χ0v) is 75.3. The Kier molecular flexibility index (Phi) is 28.0. The van der Waals surface area contributed by atoms with E-state index in [1.807, 2.05) is 0 Å². The molecule has 0 aromatic heterocycles. The Morgan fingerprint density at radius 3 is 0.554 bits per heavy atom. The first-order chi connectivity index (χ1) is 37.6. The van der Waals surface area contributed by atoms with E-state index >= 15 is 0 Å². The van der Waals surface area contributed by atoms with Gasteiger partial charge in [-0.1, -0.05) is 0 Å². The van der Waals surface area contributed by atoms with Crippen molar-refractivity contribution >= 4 is 29.8 Å². The molecule has 5 aliphatic rings. The summed E-state index contributed by atoms with van der Waals surface area (Å²) in [5.74, 6) is -24.3. The van der Waals surface area contributed by atoms with E-state index in [2.05, 4.69) is 0 Å². The summed E-state index contributed by atoms with van der Waals surface area (Å²) < 4.78 is 61.5. The Morgan fingerprint density at radius 2 is 0.391 bits per heavy atom. The molecule has 92 heavy (non-hydrogen) atoms. The van der Waals surface area contributed by atoms with Gasteiger partial charge in [0.05, 0.1) is 35.4 Å². The van der Waals surface area contributed by atoms with Crippen LogP contribution >= 0.6 is 0 Å². The van der Waals surface area contributed by atoms with Gasteiger partial charge in [0.2, 0.25) is 0 Å². The fraction of sp³-hybridized carbons (Fsp3) is 0.912. The number of carboxylic acids is 5. The number of hydrogen-bond acceptors (Lipinski definition) is 30. The fourth-order valence-electron chi connectivity index (χ4n) is 14.5. The van der Waals surface area contributed by atoms with Gasteiger partial charge in [0.15, 0.2) is 23.1 Å². The van der Waals surface area contributed by atoms with Gasteiger partial charge in [-0.2, -0.15) is 0 Å². The standard InChI is InChI=1S/C57H96O30.5K/c1-33(2)39(8,68)40(9,69)50(19,35(4,79-33)29(60)61)84-55(24)46(15,75)42(11,71)52(21,37(6,81-55)31(64)65)86-57(26)48(17,77)44(13,73)53(22,38(7,83-57)32(66)67)87-56(25)47(16,76)43(12,72)51(20,36(5,82-56)30(62)63)85-54(23)45(14,74)41(10,70)49(18,78-27)34(3,80-54)28(58)59;;;;;/h68-77H,1-27H3,(H,58,59)(H,60,61)(H,62,63)(H,64,65)(H,66,67);;;;;/q;5*+1/p-5/t34?,35?,36?,37-,38?,39?,40-,41-,42?,43?,44+,45?,46?,47?,48?,49+,50+,51+,52+,53+,54-,55-,56-,57-;;;;;/m0...../s1. The average Bonchev–Trinajstić information content (AvgIpc) is 3.32. The second-order valence-corrected chi connectivity index (χ2v) is 28.9. The minimum atomic E-state index is -3.50. The molecule has 504 valence electrons. The van der Waals surface area contributed by atoms with Gasteiger partial charge in [-0.05, 0) is 180 Å². The van der Waals surface area contributed by atoms with Crippen molar-refractivity contribution in [3.63, 3.8) is 0 Å². The third-order valence-electron chi connectivity index (χ3n) is 24.7. The average molecular weight is 1450 g/mol. The Morgan fingerprint density at radius 1 is 0.250 bits per heavy atom. The third kappa shape index (κ3) is 11.3. The molecule has 0 bridgehead atoms. The number of methoxy groups -OCH3 is 1. The number of carbonyl (C=O) groups excluding carboxylic acids is 5. The number of hydrogen-bond donors (Lipinski definition) is 10. The van der Waals surface area contributed by atoms with Crippen molar-refractivity contribution in [1.29, 1.82) is 0 Å². The summed E-state index contributed by atoms with van der Waals surface area (Å²) in [6.45, 7) is 21.4. The van der Waals surface area contributed by atoms with Gasteiger partial charge in [-0.3, -0.25) is 0 Å². The number of carboxylic acid groups (broad SMARTS) is 5. The zero-order valence-electron chi connectivity index (χ0n) is 59.6. The minimum absolute atomic E-state index is 0. The van der Waals surface area contributed by atoms with Crippen molar-refractivity contribution in [3.8, 4) is 0 Å². The molecule has 5 fully saturated rings. The van der Waals surface area contributed by atoms with E-state index in [1.165, 1.54) is 13.8 Å². The summed E-state index contributed by atoms with van der Waals surface area (Å²) in [6, 6.07) is 0. The van der Waals surface area contributed by atoms with Crippen LogP contribution in [0.4, 0.5) is 0 Å². The number of aliphatic hydroxyl groups is 10. The molecule has 30 nitrogen and oxygen atoms in total. The summed E-state index contributed by atoms with van der Waals surface area (Å²) in [5.41, 5.74) is -64.6. The van der Waals surface area contributed by atoms with E-state index in [-0.39, 0.29) is 257 Å². The van der Waals surface area contributed by atoms with Gasteiger partial charge in [-0.15, -0.1) is 0 Å². The van der Waals surface area contributed by atoms with Crippen LogP contribution in [0.5, 0.6) is 0 Å². The molecular weight excluding hydrogens is 1360 g/mol. The monoisotopic (exact) mass is 1450 g/mol. The topological polar surface area (TPSA) is 495 Å². The molecule has 0 aromatic carbocycles. The quantitative estimate of drug-likeness (QED) is 0.0722. The van der Waals surface area contributed by atoms with Crippen LogP contribution in [0.15, 0.2) is 0 Å². The summed E-state index contributed by atoms with van der Waals surface area (Å²) in [7, 11) is 0.968. The van der Waals surface area contributed by atoms with Gasteiger partial charge in [0.25, 0.3) is 0 Å². The molecule has 0 amide bonds. The SMILES string of the molecule is CO[C@]1(C)C(C)(C(=O)[O-])O[C@@](C)(O[C@]2(C)C(C)(C(=O)[O-])O[C@@](C)(O[C@]3(C)C(C)(C(=O)[O-])O[C@@](C)(O[C@@]4(C)C(C)(O)C(C)(O)[C@](C)(O[C@]5(C)C(C)(C(=O)[O-])OC(C)(C)C(C)(O)[C@]5(C)O)O[C@@]4(C)C(=O)[O-])C(C)(O)[C@@]3(C)O)C(C)(O)C2(C)O)C(C)(O)[C@]1(C)O.[K+].[K+].[K+].[K+].[K+]. The first-order valence-electron chi connectivity index (χ1n) is 27.8. The first-order valence-corrected chi connectivity index (χ1v) is 27.8. The van der Waals surface area contributed by atoms with Crippen molar-refractivity contribution in [1.82, 2.24) is 0 Å². The molecule has 11 unspecified atom stereocenters. The van der Waals surface area contributed by atoms with Gasteiger partial charge in [0.1, 0.15) is 112 Å². The van der Waals surface area contributed by atoms with Crippen LogP contribution in [0.2, 0.25) is 0 Å². The van der Waals surface area contributed by atoms with Crippen molar-refractivity contribution in [2.45, 2.75) is 321 Å². The maximum Gasteiger partial charge on any atom is 1.00 e. The maximum absolute atomic E-state index is 14.1. The molecule has 5 rings (SSSR count). The molecule has 0 saturated carbocycles. The van der Waals surface area contributed by atoms with E-state index in [0.29, 0.717) is 48.5 Å². The van der Waals surface area contributed by atoms with Crippen molar-refractivity contribution in [3.05, 3.63) is 0 Å². The Bertz CT molecular complexity index is 2920. The predicted molar refractivity (Wildman–Crippen MR) is 280 cm³/mol. The summed E-state index contributed by atoms with van der Waals surface area (Å²) in [5, 5.41) is 195. The van der Waals surface area contributed by atoms with Crippen molar-refractivity contribution < 1.29 is 405 Å². The molecule has 35 heteroatoms. The largest absolute Gasteiger partial charge is 1.00 e. The fourth-order valence-corrected chi connectivity index (χ4v) is 14.5. The molecule has 5 saturated heterocycles. The molecule has 24 atom stereocenters. The van der Waals surface area contributed by atoms with Crippen molar-refractivity contribution in [2.75, 3.05) is 7.11 Å². The first kappa shape index (κ1) is 96.7. The molecular formula is C57H91K5O30. The zero-order chi connectivity index (χ0) is 69.5. The summed E-state index contributed by atoms with van der Waals surface area (Å²) in [6.07, 6.45) is 0. The Labute approximate surface area is 749 Å². The van der Waals surface area contributed by atoms with Crippen LogP contribution in [-0.4, -0.2) is 229 Å². The van der Waals surface area contributed by atoms with Crippen LogP contribution in [0.25, 0.3) is 0 Å². The van der Waals surface area contributed by atoms with Gasteiger partial charge in [-0.25, -0.2) is 0 Å². The second kappa shape index (κ2) is 26.6. The Balaban J connectivity index is 0.0000166. The molecule has 0 spiro atoms. The van der Waals surface area contributed by atoms with E-state index in [1.54, 1.807) is 0 Å². The maximum atomic E-state index is 14.1. The van der Waals surface area contributed by atoms with E-state index < -0.39 is 171 Å². The van der Waals surface area contributed by atoms with Gasteiger partial charge < -0.3 is 148 Å². The molecule has 5 aliphatic heterocycles. The molecule has 0 aromatic rings. The van der Waals surface area contributed by atoms with Crippen LogP contribution in [-0.2, 0) is 71.3 Å². The number of aliphatic carboxylic acids is 5. The van der Waals surface area contributed by atoms with Crippen LogP contribution in [0.1, 0.15) is 180 Å². The van der Waals surface area contributed by atoms with Crippen molar-refractivity contribution in [2.24, 2.45) is 0 Å². The predicted octanol–water partition coefficient (Wildman–Crippen LogP) is -21.6. The smallest absolute Gasteiger partial charge is 0.547 e.